The lowest BCUT2D eigenvalue weighted by Crippen LogP contribution is -2.43. The van der Waals surface area contributed by atoms with Gasteiger partial charge in [-0.2, -0.15) is 5.10 Å². The van der Waals surface area contributed by atoms with Gasteiger partial charge < -0.3 is 10.1 Å². The summed E-state index contributed by atoms with van der Waals surface area (Å²) in [5.41, 5.74) is 0.221. The molecule has 1 aliphatic heterocycles. The van der Waals surface area contributed by atoms with E-state index in [4.69, 9.17) is 4.74 Å². The third-order valence-corrected chi connectivity index (χ3v) is 3.31. The zero-order valence-electron chi connectivity index (χ0n) is 10.1. The summed E-state index contributed by atoms with van der Waals surface area (Å²) in [6.45, 7) is 4.02. The molecular formula is C11H15N5O2. The number of aromatic amines is 1. The molecule has 18 heavy (non-hydrogen) atoms. The second kappa shape index (κ2) is 4.41. The minimum Gasteiger partial charge on any atom is -0.473 e. The van der Waals surface area contributed by atoms with Gasteiger partial charge in [0, 0.05) is 12.6 Å². The van der Waals surface area contributed by atoms with E-state index in [2.05, 4.69) is 27.4 Å². The average molecular weight is 249 g/mol. The number of piperidine rings is 1. The Morgan fingerprint density at radius 2 is 2.44 bits per heavy atom. The van der Waals surface area contributed by atoms with Crippen LogP contribution >= 0.6 is 0 Å². The molecule has 96 valence electrons. The lowest BCUT2D eigenvalue weighted by atomic mass is 9.97. The zero-order valence-corrected chi connectivity index (χ0v) is 10.1. The number of hydrogen-bond acceptors (Lipinski definition) is 5. The summed E-state index contributed by atoms with van der Waals surface area (Å²) in [6.07, 6.45) is 2.63. The number of nitrogens with zero attached hydrogens (tertiary/aromatic N) is 3. The first-order valence-electron chi connectivity index (χ1n) is 6.04. The van der Waals surface area contributed by atoms with E-state index in [1.54, 1.807) is 6.07 Å². The first kappa shape index (κ1) is 11.2. The Hall–Kier alpha value is -1.89. The molecule has 0 saturated carbocycles. The normalized spacial score (nSPS) is 24.3. The number of rotatable bonds is 2. The third kappa shape index (κ3) is 1.97. The van der Waals surface area contributed by atoms with Crippen molar-refractivity contribution in [2.45, 2.75) is 19.4 Å². The third-order valence-electron chi connectivity index (χ3n) is 3.31. The smallest absolute Gasteiger partial charge is 0.348 e. The van der Waals surface area contributed by atoms with Gasteiger partial charge in [0.25, 0.3) is 0 Å². The molecule has 2 unspecified atom stereocenters. The summed E-state index contributed by atoms with van der Waals surface area (Å²) < 4.78 is 7.18. The highest BCUT2D eigenvalue weighted by atomic mass is 16.5. The predicted octanol–water partition coefficient (Wildman–Crippen LogP) is -0.206. The highest BCUT2D eigenvalue weighted by Gasteiger charge is 2.23. The van der Waals surface area contributed by atoms with E-state index in [0.29, 0.717) is 17.4 Å². The molecule has 0 bridgehead atoms. The van der Waals surface area contributed by atoms with Crippen LogP contribution in [0.4, 0.5) is 0 Å². The first-order valence-corrected chi connectivity index (χ1v) is 6.04. The van der Waals surface area contributed by atoms with Crippen LogP contribution in [-0.2, 0) is 0 Å². The fraction of sp³-hybridized carbons (Fsp3) is 0.545. The standard InChI is InChI=1S/C11H15N5O2/c1-7-2-3-12-5-8(7)18-10-4-9-14-15-11(17)16(9)6-13-10/h4,6-8,12H,2-3,5H2,1H3,(H,15,17). The van der Waals surface area contributed by atoms with Crippen molar-refractivity contribution in [2.24, 2.45) is 5.92 Å². The van der Waals surface area contributed by atoms with Crippen molar-refractivity contribution in [3.8, 4) is 5.88 Å². The molecule has 3 heterocycles. The molecule has 7 heteroatoms. The van der Waals surface area contributed by atoms with E-state index in [9.17, 15) is 4.79 Å². The van der Waals surface area contributed by atoms with Crippen molar-refractivity contribution in [3.05, 3.63) is 22.9 Å². The zero-order chi connectivity index (χ0) is 12.5. The van der Waals surface area contributed by atoms with Crippen LogP contribution in [0.1, 0.15) is 13.3 Å². The lowest BCUT2D eigenvalue weighted by Gasteiger charge is -2.29. The Kier molecular flexibility index (Phi) is 2.75. The molecule has 0 amide bonds. The van der Waals surface area contributed by atoms with Gasteiger partial charge in [0.15, 0.2) is 5.65 Å². The maximum Gasteiger partial charge on any atom is 0.348 e. The fourth-order valence-electron chi connectivity index (χ4n) is 2.13. The van der Waals surface area contributed by atoms with E-state index in [-0.39, 0.29) is 11.8 Å². The molecule has 2 N–H and O–H groups in total. The SMILES string of the molecule is CC1CCNCC1Oc1cc2n[nH]c(=O)n2cn1. The Balaban J connectivity index is 1.83. The van der Waals surface area contributed by atoms with Crippen molar-refractivity contribution in [1.29, 1.82) is 0 Å². The van der Waals surface area contributed by atoms with Crippen LogP contribution in [0, 0.1) is 5.92 Å². The van der Waals surface area contributed by atoms with Gasteiger partial charge in [0.05, 0.1) is 0 Å². The number of aromatic nitrogens is 4. The van der Waals surface area contributed by atoms with Gasteiger partial charge in [-0.15, -0.1) is 0 Å². The summed E-state index contributed by atoms with van der Waals surface area (Å²) in [5, 5.41) is 9.54. The van der Waals surface area contributed by atoms with Crippen molar-refractivity contribution >= 4 is 5.65 Å². The van der Waals surface area contributed by atoms with Gasteiger partial charge in [-0.05, 0) is 18.9 Å². The molecule has 1 aliphatic rings. The van der Waals surface area contributed by atoms with Gasteiger partial charge in [-0.1, -0.05) is 6.92 Å². The summed E-state index contributed by atoms with van der Waals surface area (Å²) in [7, 11) is 0. The second-order valence-electron chi connectivity index (χ2n) is 4.61. The minimum atomic E-state index is -0.295. The van der Waals surface area contributed by atoms with Crippen LogP contribution in [0.2, 0.25) is 0 Å². The predicted molar refractivity (Wildman–Crippen MR) is 64.7 cm³/mol. The minimum absolute atomic E-state index is 0.111. The van der Waals surface area contributed by atoms with Gasteiger partial charge in [0.2, 0.25) is 5.88 Å². The van der Waals surface area contributed by atoms with Crippen LogP contribution in [0.15, 0.2) is 17.2 Å². The summed E-state index contributed by atoms with van der Waals surface area (Å²) >= 11 is 0. The molecule has 2 aromatic heterocycles. The number of ether oxygens (including phenoxy) is 1. The Morgan fingerprint density at radius 1 is 1.56 bits per heavy atom. The molecule has 0 spiro atoms. The molecule has 0 radical (unpaired) electrons. The van der Waals surface area contributed by atoms with Crippen LogP contribution in [0.5, 0.6) is 5.88 Å². The van der Waals surface area contributed by atoms with Crippen molar-refractivity contribution in [3.63, 3.8) is 0 Å². The van der Waals surface area contributed by atoms with Crippen molar-refractivity contribution < 1.29 is 4.74 Å². The van der Waals surface area contributed by atoms with E-state index in [1.807, 2.05) is 0 Å². The quantitative estimate of drug-likeness (QED) is 0.769. The molecule has 7 nitrogen and oxygen atoms in total. The van der Waals surface area contributed by atoms with Crippen molar-refractivity contribution in [2.75, 3.05) is 13.1 Å². The van der Waals surface area contributed by atoms with Crippen LogP contribution in [0.25, 0.3) is 5.65 Å². The number of fused-ring (bicyclic) bond motifs is 1. The average Bonchev–Trinajstić information content (AvgIpc) is 2.74. The van der Waals surface area contributed by atoms with Gasteiger partial charge in [-0.25, -0.2) is 19.3 Å². The molecule has 1 fully saturated rings. The largest absolute Gasteiger partial charge is 0.473 e. The highest BCUT2D eigenvalue weighted by molar-refractivity contribution is 5.39. The molecule has 3 rings (SSSR count). The van der Waals surface area contributed by atoms with Crippen molar-refractivity contribution in [1.82, 2.24) is 24.9 Å². The van der Waals surface area contributed by atoms with Gasteiger partial charge in [-0.3, -0.25) is 0 Å². The van der Waals surface area contributed by atoms with Crippen LogP contribution < -0.4 is 15.7 Å². The molecule has 2 aromatic rings. The summed E-state index contributed by atoms with van der Waals surface area (Å²) in [5.74, 6) is 0.993. The van der Waals surface area contributed by atoms with E-state index in [0.717, 1.165) is 19.5 Å². The van der Waals surface area contributed by atoms with E-state index >= 15 is 0 Å². The fourth-order valence-corrected chi connectivity index (χ4v) is 2.13. The Labute approximate surface area is 103 Å². The summed E-state index contributed by atoms with van der Waals surface area (Å²) in [6, 6.07) is 1.67. The maximum absolute atomic E-state index is 11.3. The lowest BCUT2D eigenvalue weighted by molar-refractivity contribution is 0.109. The van der Waals surface area contributed by atoms with E-state index in [1.165, 1.54) is 10.7 Å². The van der Waals surface area contributed by atoms with Gasteiger partial charge >= 0.3 is 5.69 Å². The second-order valence-corrected chi connectivity index (χ2v) is 4.61. The topological polar surface area (TPSA) is 84.3 Å². The highest BCUT2D eigenvalue weighted by Crippen LogP contribution is 2.18. The van der Waals surface area contributed by atoms with Crippen LogP contribution in [-0.4, -0.2) is 38.8 Å². The van der Waals surface area contributed by atoms with Gasteiger partial charge in [0.1, 0.15) is 12.4 Å². The number of nitrogens with one attached hydrogen (secondary N) is 2. The summed E-state index contributed by atoms with van der Waals surface area (Å²) in [4.78, 5) is 15.4. The molecular weight excluding hydrogens is 234 g/mol. The maximum atomic E-state index is 11.3. The number of H-pyrrole nitrogens is 1. The molecule has 0 aromatic carbocycles. The Morgan fingerprint density at radius 3 is 3.28 bits per heavy atom. The Bertz CT molecular complexity index is 605. The first-order chi connectivity index (χ1) is 8.74. The van der Waals surface area contributed by atoms with Crippen LogP contribution in [0.3, 0.4) is 0 Å². The molecule has 0 aliphatic carbocycles. The monoisotopic (exact) mass is 249 g/mol. The number of hydrogen-bond donors (Lipinski definition) is 2. The van der Waals surface area contributed by atoms with E-state index < -0.39 is 0 Å². The molecule has 1 saturated heterocycles. The molecule has 2 atom stereocenters.